The Morgan fingerprint density at radius 3 is 2.83 bits per heavy atom. The van der Waals surface area contributed by atoms with Gasteiger partial charge in [-0.2, -0.15) is 0 Å². The number of para-hydroxylation sites is 1. The van der Waals surface area contributed by atoms with Crippen LogP contribution < -0.4 is 9.64 Å². The number of anilines is 2. The molecule has 11 heteroatoms. The Kier molecular flexibility index (Phi) is 6.79. The highest BCUT2D eigenvalue weighted by atomic mass is 79.9. The number of fused-ring (bicyclic) bond motifs is 3. The van der Waals surface area contributed by atoms with Crippen molar-refractivity contribution in [3.05, 3.63) is 57.9 Å². The summed E-state index contributed by atoms with van der Waals surface area (Å²) in [6.45, 7) is 6.34. The van der Waals surface area contributed by atoms with Gasteiger partial charge in [-0.05, 0) is 40.5 Å². The Balaban J connectivity index is 1.57. The van der Waals surface area contributed by atoms with E-state index in [4.69, 9.17) is 26.1 Å². The first-order valence-corrected chi connectivity index (χ1v) is 12.3. The van der Waals surface area contributed by atoms with Gasteiger partial charge in [-0.15, -0.1) is 0 Å². The van der Waals surface area contributed by atoms with Crippen molar-refractivity contribution in [2.45, 2.75) is 6.92 Å². The van der Waals surface area contributed by atoms with E-state index in [1.807, 2.05) is 23.5 Å². The topological polar surface area (TPSA) is 92.4 Å². The zero-order valence-corrected chi connectivity index (χ0v) is 21.3. The van der Waals surface area contributed by atoms with Crippen LogP contribution in [0.15, 0.2) is 47.3 Å². The van der Waals surface area contributed by atoms with E-state index < -0.39 is 6.09 Å². The van der Waals surface area contributed by atoms with E-state index in [9.17, 15) is 9.90 Å². The summed E-state index contributed by atoms with van der Waals surface area (Å²) in [4.78, 5) is 24.9. The molecule has 2 aromatic carbocycles. The first-order chi connectivity index (χ1) is 16.9. The van der Waals surface area contributed by atoms with E-state index in [2.05, 4.69) is 25.8 Å². The van der Waals surface area contributed by atoms with E-state index in [1.165, 1.54) is 0 Å². The molecule has 0 saturated carbocycles. The van der Waals surface area contributed by atoms with E-state index in [-0.39, 0.29) is 5.82 Å². The summed E-state index contributed by atoms with van der Waals surface area (Å²) in [6, 6.07) is 8.95. The first-order valence-electron chi connectivity index (χ1n) is 11.1. The molecule has 2 aromatic heterocycles. The Hall–Kier alpha value is -2.92. The molecule has 35 heavy (non-hydrogen) atoms. The molecule has 1 amide bonds. The zero-order chi connectivity index (χ0) is 24.5. The molecule has 1 aliphatic heterocycles. The quantitative estimate of drug-likeness (QED) is 0.349. The van der Waals surface area contributed by atoms with Gasteiger partial charge < -0.3 is 14.6 Å². The van der Waals surface area contributed by atoms with Crippen LogP contribution in [0.2, 0.25) is 5.02 Å². The average Bonchev–Trinajstić information content (AvgIpc) is 3.33. The molecule has 0 unspecified atom stereocenters. The lowest BCUT2D eigenvalue weighted by Crippen LogP contribution is -2.38. The molecule has 1 saturated heterocycles. The summed E-state index contributed by atoms with van der Waals surface area (Å²) in [5.74, 6) is 0.833. The standard InChI is InChI=1S/C24H23BrClN5O4/c1-15-3-2-4-17(26)22(15)31(24(32)33)23-20-13-27-14-30(20)19-11-16(25)21(12-18(19)28-23)35-10-7-29-5-8-34-9-6-29/h2-4,11-14H,5-10H2,1H3,(H,32,33). The number of halogens is 2. The number of aryl methyl sites for hydroxylation is 1. The van der Waals surface area contributed by atoms with Crippen molar-refractivity contribution in [2.75, 3.05) is 44.4 Å². The van der Waals surface area contributed by atoms with Crippen LogP contribution in [-0.2, 0) is 4.74 Å². The SMILES string of the molecule is Cc1cccc(Cl)c1N(C(=O)O)c1nc2cc(OCCN3CCOCC3)c(Br)cc2n2cncc12. The third kappa shape index (κ3) is 4.66. The number of imidazole rings is 1. The van der Waals surface area contributed by atoms with Gasteiger partial charge in [0.15, 0.2) is 5.82 Å². The van der Waals surface area contributed by atoms with Crippen LogP contribution in [0, 0.1) is 6.92 Å². The van der Waals surface area contributed by atoms with E-state index >= 15 is 0 Å². The predicted molar refractivity (Wildman–Crippen MR) is 137 cm³/mol. The molecule has 1 fully saturated rings. The monoisotopic (exact) mass is 559 g/mol. The molecule has 4 aromatic rings. The average molecular weight is 561 g/mol. The summed E-state index contributed by atoms with van der Waals surface area (Å²) in [7, 11) is 0. The fourth-order valence-corrected chi connectivity index (χ4v) is 4.97. The van der Waals surface area contributed by atoms with Gasteiger partial charge in [0.1, 0.15) is 17.9 Å². The lowest BCUT2D eigenvalue weighted by atomic mass is 10.2. The summed E-state index contributed by atoms with van der Waals surface area (Å²) in [6.07, 6.45) is 2.02. The number of morpholine rings is 1. The maximum absolute atomic E-state index is 12.5. The highest BCUT2D eigenvalue weighted by Crippen LogP contribution is 2.38. The van der Waals surface area contributed by atoms with Crippen molar-refractivity contribution >= 4 is 61.7 Å². The smallest absolute Gasteiger partial charge is 0.417 e. The number of aromatic nitrogens is 3. The lowest BCUT2D eigenvalue weighted by Gasteiger charge is -2.26. The second kappa shape index (κ2) is 9.98. The van der Waals surface area contributed by atoms with Gasteiger partial charge in [-0.1, -0.05) is 23.7 Å². The van der Waals surface area contributed by atoms with Gasteiger partial charge in [-0.3, -0.25) is 9.30 Å². The summed E-state index contributed by atoms with van der Waals surface area (Å²) >= 11 is 10.0. The number of hydrogen-bond acceptors (Lipinski definition) is 6. The first kappa shape index (κ1) is 23.8. The van der Waals surface area contributed by atoms with Crippen molar-refractivity contribution < 1.29 is 19.4 Å². The number of amides is 1. The molecular formula is C24H23BrClN5O4. The lowest BCUT2D eigenvalue weighted by molar-refractivity contribution is 0.0322. The minimum absolute atomic E-state index is 0.209. The highest BCUT2D eigenvalue weighted by Gasteiger charge is 2.26. The number of benzene rings is 2. The maximum atomic E-state index is 12.5. The predicted octanol–water partition coefficient (Wildman–Crippen LogP) is 5.13. The normalized spacial score (nSPS) is 14.5. The minimum Gasteiger partial charge on any atom is -0.491 e. The van der Waals surface area contributed by atoms with Crippen LogP contribution >= 0.6 is 27.5 Å². The number of rotatable bonds is 6. The van der Waals surface area contributed by atoms with Crippen molar-refractivity contribution in [3.63, 3.8) is 0 Å². The van der Waals surface area contributed by atoms with E-state index in [0.717, 1.165) is 47.7 Å². The number of carbonyl (C=O) groups is 1. The molecule has 0 atom stereocenters. The Bertz CT molecular complexity index is 1390. The molecule has 5 rings (SSSR count). The third-order valence-corrected chi connectivity index (χ3v) is 6.89. The largest absolute Gasteiger partial charge is 0.491 e. The summed E-state index contributed by atoms with van der Waals surface area (Å²) in [5, 5.41) is 10.5. The highest BCUT2D eigenvalue weighted by molar-refractivity contribution is 9.10. The molecular weight excluding hydrogens is 538 g/mol. The van der Waals surface area contributed by atoms with E-state index in [1.54, 1.807) is 30.7 Å². The zero-order valence-electron chi connectivity index (χ0n) is 18.9. The van der Waals surface area contributed by atoms with Crippen molar-refractivity contribution in [1.29, 1.82) is 0 Å². The van der Waals surface area contributed by atoms with Gasteiger partial charge in [0, 0.05) is 25.7 Å². The fraction of sp³-hybridized carbons (Fsp3) is 0.292. The molecule has 0 spiro atoms. The van der Waals surface area contributed by atoms with Crippen molar-refractivity contribution in [3.8, 4) is 5.75 Å². The van der Waals surface area contributed by atoms with Crippen LogP contribution in [0.3, 0.4) is 0 Å². The second-order valence-electron chi connectivity index (χ2n) is 8.18. The van der Waals surface area contributed by atoms with Crippen LogP contribution in [0.25, 0.3) is 16.6 Å². The molecule has 182 valence electrons. The number of carboxylic acid groups (broad SMARTS) is 1. The Morgan fingerprint density at radius 2 is 2.09 bits per heavy atom. The van der Waals surface area contributed by atoms with Crippen molar-refractivity contribution in [1.82, 2.24) is 19.3 Å². The van der Waals surface area contributed by atoms with Gasteiger partial charge >= 0.3 is 6.09 Å². The Labute approximate surface area is 215 Å². The molecule has 0 aliphatic carbocycles. The summed E-state index contributed by atoms with van der Waals surface area (Å²) in [5.41, 5.74) is 2.92. The maximum Gasteiger partial charge on any atom is 0.417 e. The van der Waals surface area contributed by atoms with E-state index in [0.29, 0.717) is 39.7 Å². The molecule has 1 N–H and O–H groups in total. The second-order valence-corrected chi connectivity index (χ2v) is 9.44. The van der Waals surface area contributed by atoms with Gasteiger partial charge in [0.05, 0.1) is 52.0 Å². The molecule has 3 heterocycles. The minimum atomic E-state index is -1.20. The third-order valence-electron chi connectivity index (χ3n) is 5.97. The van der Waals surface area contributed by atoms with Gasteiger partial charge in [0.2, 0.25) is 0 Å². The molecule has 9 nitrogen and oxygen atoms in total. The molecule has 1 aliphatic rings. The number of nitrogens with zero attached hydrogens (tertiary/aromatic N) is 5. The van der Waals surface area contributed by atoms with Crippen LogP contribution in [0.1, 0.15) is 5.56 Å². The van der Waals surface area contributed by atoms with Gasteiger partial charge in [0.25, 0.3) is 0 Å². The van der Waals surface area contributed by atoms with Crippen molar-refractivity contribution in [2.24, 2.45) is 0 Å². The van der Waals surface area contributed by atoms with Crippen LogP contribution in [0.5, 0.6) is 5.75 Å². The fourth-order valence-electron chi connectivity index (χ4n) is 4.22. The molecule has 0 bridgehead atoms. The summed E-state index contributed by atoms with van der Waals surface area (Å²) < 4.78 is 14.0. The van der Waals surface area contributed by atoms with Crippen LogP contribution in [0.4, 0.5) is 16.3 Å². The Morgan fingerprint density at radius 1 is 1.29 bits per heavy atom. The number of hydrogen-bond donors (Lipinski definition) is 1. The van der Waals surface area contributed by atoms with Crippen LogP contribution in [-0.4, -0.2) is 69.9 Å². The molecule has 0 radical (unpaired) electrons. The van der Waals surface area contributed by atoms with Gasteiger partial charge in [-0.25, -0.2) is 19.7 Å². The number of ether oxygens (including phenoxy) is 2.